The smallest absolute Gasteiger partial charge is 0.137 e. The Kier molecular flexibility index (Phi) is 6.03. The van der Waals surface area contributed by atoms with Crippen molar-refractivity contribution >= 4 is 23.4 Å². The van der Waals surface area contributed by atoms with Gasteiger partial charge in [0.05, 0.1) is 5.02 Å². The molecule has 1 aromatic heterocycles. The van der Waals surface area contributed by atoms with Crippen LogP contribution in [-0.2, 0) is 6.54 Å². The average molecular weight is 325 g/mol. The van der Waals surface area contributed by atoms with E-state index in [-0.39, 0.29) is 5.82 Å². The van der Waals surface area contributed by atoms with Crippen molar-refractivity contribution in [2.75, 3.05) is 6.54 Å². The fraction of sp³-hybridized carbons (Fsp3) is 0.312. The van der Waals surface area contributed by atoms with Gasteiger partial charge in [0.15, 0.2) is 0 Å². The zero-order chi connectivity index (χ0) is 15.2. The summed E-state index contributed by atoms with van der Waals surface area (Å²) in [6, 6.07) is 8.77. The molecule has 0 unspecified atom stereocenters. The molecule has 0 bridgehead atoms. The van der Waals surface area contributed by atoms with Gasteiger partial charge in [0.2, 0.25) is 0 Å². The van der Waals surface area contributed by atoms with Crippen molar-refractivity contribution < 1.29 is 4.39 Å². The molecule has 1 heterocycles. The highest BCUT2D eigenvalue weighted by molar-refractivity contribution is 7.99. The Balaban J connectivity index is 2.04. The van der Waals surface area contributed by atoms with Crippen LogP contribution < -0.4 is 5.32 Å². The maximum Gasteiger partial charge on any atom is 0.137 e. The van der Waals surface area contributed by atoms with Gasteiger partial charge in [-0.15, -0.1) is 0 Å². The zero-order valence-electron chi connectivity index (χ0n) is 12.1. The van der Waals surface area contributed by atoms with Gasteiger partial charge in [-0.2, -0.15) is 0 Å². The Labute approximate surface area is 134 Å². The van der Waals surface area contributed by atoms with Gasteiger partial charge in [-0.05, 0) is 42.3 Å². The van der Waals surface area contributed by atoms with E-state index in [1.54, 1.807) is 30.5 Å². The second-order valence-corrected chi connectivity index (χ2v) is 6.62. The van der Waals surface area contributed by atoms with E-state index in [2.05, 4.69) is 24.1 Å². The molecule has 5 heteroatoms. The lowest BCUT2D eigenvalue weighted by Gasteiger charge is -2.09. The number of benzene rings is 1. The Morgan fingerprint density at radius 3 is 2.81 bits per heavy atom. The number of halogens is 2. The fourth-order valence-corrected chi connectivity index (χ4v) is 2.81. The molecule has 0 saturated heterocycles. The van der Waals surface area contributed by atoms with Crippen LogP contribution in [0.25, 0.3) is 0 Å². The van der Waals surface area contributed by atoms with Crippen LogP contribution >= 0.6 is 23.4 Å². The summed E-state index contributed by atoms with van der Waals surface area (Å²) < 4.78 is 14.1. The first-order valence-electron chi connectivity index (χ1n) is 6.84. The predicted octanol–water partition coefficient (Wildman–Crippen LogP) is 4.77. The summed E-state index contributed by atoms with van der Waals surface area (Å²) in [6.07, 6.45) is 1.65. The van der Waals surface area contributed by atoms with E-state index < -0.39 is 0 Å². The summed E-state index contributed by atoms with van der Waals surface area (Å²) in [7, 11) is 0. The summed E-state index contributed by atoms with van der Waals surface area (Å²) in [5.74, 6) is 0.335. The third-order valence-electron chi connectivity index (χ3n) is 2.81. The lowest BCUT2D eigenvalue weighted by Crippen LogP contribution is -2.18. The largest absolute Gasteiger partial charge is 0.312 e. The number of hydrogen-bond acceptors (Lipinski definition) is 3. The van der Waals surface area contributed by atoms with E-state index in [1.165, 1.54) is 11.8 Å². The average Bonchev–Trinajstić information content (AvgIpc) is 2.43. The molecule has 1 N–H and O–H groups in total. The molecule has 0 atom stereocenters. The van der Waals surface area contributed by atoms with Crippen molar-refractivity contribution in [3.05, 3.63) is 52.9 Å². The summed E-state index contributed by atoms with van der Waals surface area (Å²) >= 11 is 7.28. The highest BCUT2D eigenvalue weighted by atomic mass is 35.5. The van der Waals surface area contributed by atoms with Crippen molar-refractivity contribution in [1.29, 1.82) is 0 Å². The lowest BCUT2D eigenvalue weighted by atomic mass is 10.2. The van der Waals surface area contributed by atoms with Gasteiger partial charge in [-0.3, -0.25) is 0 Å². The SMILES string of the molecule is CC(C)CNCc1ccc(Sc2ncccc2Cl)c(F)c1. The van der Waals surface area contributed by atoms with Gasteiger partial charge in [0.25, 0.3) is 0 Å². The summed E-state index contributed by atoms with van der Waals surface area (Å²) in [5.41, 5.74) is 0.935. The van der Waals surface area contributed by atoms with Crippen LogP contribution in [0.5, 0.6) is 0 Å². The quantitative estimate of drug-likeness (QED) is 0.828. The van der Waals surface area contributed by atoms with Crippen molar-refractivity contribution in [3.63, 3.8) is 0 Å². The first-order valence-corrected chi connectivity index (χ1v) is 8.03. The molecule has 2 aromatic rings. The monoisotopic (exact) mass is 324 g/mol. The van der Waals surface area contributed by atoms with E-state index in [9.17, 15) is 4.39 Å². The lowest BCUT2D eigenvalue weighted by molar-refractivity contribution is 0.548. The van der Waals surface area contributed by atoms with Crippen LogP contribution in [0, 0.1) is 11.7 Å². The maximum absolute atomic E-state index is 14.1. The normalized spacial score (nSPS) is 11.1. The van der Waals surface area contributed by atoms with E-state index in [4.69, 9.17) is 11.6 Å². The van der Waals surface area contributed by atoms with Gasteiger partial charge < -0.3 is 5.32 Å². The third kappa shape index (κ3) is 4.99. The zero-order valence-corrected chi connectivity index (χ0v) is 13.6. The molecule has 0 saturated carbocycles. The molecule has 0 aliphatic carbocycles. The van der Waals surface area contributed by atoms with E-state index >= 15 is 0 Å². The van der Waals surface area contributed by atoms with Crippen molar-refractivity contribution in [2.24, 2.45) is 5.92 Å². The van der Waals surface area contributed by atoms with E-state index in [0.717, 1.165) is 12.1 Å². The minimum Gasteiger partial charge on any atom is -0.312 e. The number of nitrogens with one attached hydrogen (secondary N) is 1. The number of aromatic nitrogens is 1. The molecule has 0 fully saturated rings. The molecule has 21 heavy (non-hydrogen) atoms. The van der Waals surface area contributed by atoms with Crippen molar-refractivity contribution in [1.82, 2.24) is 10.3 Å². The molecule has 0 aliphatic rings. The molecule has 0 aliphatic heterocycles. The van der Waals surface area contributed by atoms with E-state index in [0.29, 0.717) is 27.4 Å². The first-order chi connectivity index (χ1) is 10.1. The number of rotatable bonds is 6. The Morgan fingerprint density at radius 2 is 2.14 bits per heavy atom. The third-order valence-corrected chi connectivity index (χ3v) is 4.30. The predicted molar refractivity (Wildman–Crippen MR) is 86.3 cm³/mol. The minimum atomic E-state index is -0.245. The molecule has 2 rings (SSSR count). The molecule has 1 aromatic carbocycles. The number of pyridine rings is 1. The van der Waals surface area contributed by atoms with E-state index in [1.807, 2.05) is 6.07 Å². The number of hydrogen-bond donors (Lipinski definition) is 1. The topological polar surface area (TPSA) is 24.9 Å². The van der Waals surface area contributed by atoms with Crippen LogP contribution in [0.1, 0.15) is 19.4 Å². The maximum atomic E-state index is 14.1. The fourth-order valence-electron chi connectivity index (χ4n) is 1.79. The molecular weight excluding hydrogens is 307 g/mol. The van der Waals surface area contributed by atoms with Crippen LogP contribution in [-0.4, -0.2) is 11.5 Å². The van der Waals surface area contributed by atoms with Gasteiger partial charge in [0, 0.05) is 17.6 Å². The minimum absolute atomic E-state index is 0.245. The highest BCUT2D eigenvalue weighted by Gasteiger charge is 2.09. The van der Waals surface area contributed by atoms with Crippen molar-refractivity contribution in [2.45, 2.75) is 30.3 Å². The molecule has 2 nitrogen and oxygen atoms in total. The Morgan fingerprint density at radius 1 is 1.33 bits per heavy atom. The number of nitrogens with zero attached hydrogens (tertiary/aromatic N) is 1. The van der Waals surface area contributed by atoms with Crippen LogP contribution in [0.3, 0.4) is 0 Å². The first kappa shape index (κ1) is 16.3. The molecule has 0 amide bonds. The van der Waals surface area contributed by atoms with Gasteiger partial charge in [0.1, 0.15) is 10.8 Å². The van der Waals surface area contributed by atoms with Crippen molar-refractivity contribution in [3.8, 4) is 0 Å². The second kappa shape index (κ2) is 7.78. The van der Waals surface area contributed by atoms with Gasteiger partial charge >= 0.3 is 0 Å². The molecule has 0 spiro atoms. The molecule has 0 radical (unpaired) electrons. The standard InChI is InChI=1S/C16H18ClFN2S/c1-11(2)9-19-10-12-5-6-15(14(18)8-12)21-16-13(17)4-3-7-20-16/h3-8,11,19H,9-10H2,1-2H3. The Bertz CT molecular complexity index is 605. The van der Waals surface area contributed by atoms with Crippen LogP contribution in [0.4, 0.5) is 4.39 Å². The second-order valence-electron chi connectivity index (χ2n) is 5.18. The van der Waals surface area contributed by atoms with Gasteiger partial charge in [-0.25, -0.2) is 9.37 Å². The molecule has 112 valence electrons. The highest BCUT2D eigenvalue weighted by Crippen LogP contribution is 2.33. The Hall–Kier alpha value is -1.10. The summed E-state index contributed by atoms with van der Waals surface area (Å²) in [6.45, 7) is 5.87. The van der Waals surface area contributed by atoms with Crippen LogP contribution in [0.15, 0.2) is 46.5 Å². The van der Waals surface area contributed by atoms with Crippen LogP contribution in [0.2, 0.25) is 5.02 Å². The summed E-state index contributed by atoms with van der Waals surface area (Å²) in [5, 5.41) is 4.45. The van der Waals surface area contributed by atoms with Gasteiger partial charge in [-0.1, -0.05) is 43.3 Å². The molecular formula is C16H18ClFN2S. The summed E-state index contributed by atoms with van der Waals surface area (Å²) in [4.78, 5) is 4.69.